The van der Waals surface area contributed by atoms with E-state index in [2.05, 4.69) is 0 Å². The zero-order valence-electron chi connectivity index (χ0n) is 12.6. The number of nitrogens with zero attached hydrogens (tertiary/aromatic N) is 1. The monoisotopic (exact) mass is 328 g/mol. The van der Waals surface area contributed by atoms with Crippen LogP contribution in [0.15, 0.2) is 53.4 Å². The molecule has 0 fully saturated rings. The molecule has 0 aliphatic heterocycles. The highest BCUT2D eigenvalue weighted by Crippen LogP contribution is 2.19. The second-order valence-electron chi connectivity index (χ2n) is 4.89. The lowest BCUT2D eigenvalue weighted by Crippen LogP contribution is -2.06. The largest absolute Gasteiger partial charge is 0.497 e. The number of nitriles is 1. The van der Waals surface area contributed by atoms with Gasteiger partial charge in [-0.2, -0.15) is 5.26 Å². The number of allylic oxidation sites excluding steroid dienone is 1. The van der Waals surface area contributed by atoms with Gasteiger partial charge in [-0.15, -0.1) is 0 Å². The zero-order valence-corrected chi connectivity index (χ0v) is 13.4. The molecule has 118 valence electrons. The fourth-order valence-corrected chi connectivity index (χ4v) is 3.20. The van der Waals surface area contributed by atoms with Crippen molar-refractivity contribution >= 4 is 21.6 Å². The first-order valence-corrected chi connectivity index (χ1v) is 8.43. The number of hydrogen-bond donors (Lipinski definition) is 1. The lowest BCUT2D eigenvalue weighted by atomic mass is 10.2. The highest BCUT2D eigenvalue weighted by Gasteiger charge is 2.18. The Labute approximate surface area is 135 Å². The van der Waals surface area contributed by atoms with E-state index >= 15 is 0 Å². The number of methoxy groups -OCH3 is 1. The fourth-order valence-electron chi connectivity index (χ4n) is 1.95. The molecular formula is C17H16N2O3S. The summed E-state index contributed by atoms with van der Waals surface area (Å²) in [5, 5.41) is 9.20. The van der Waals surface area contributed by atoms with Gasteiger partial charge in [0, 0.05) is 5.69 Å². The molecular weight excluding hydrogens is 312 g/mol. The van der Waals surface area contributed by atoms with Crippen molar-refractivity contribution in [2.45, 2.75) is 5.75 Å². The van der Waals surface area contributed by atoms with Gasteiger partial charge in [0.15, 0.2) is 9.84 Å². The van der Waals surface area contributed by atoms with Crippen molar-refractivity contribution in [3.8, 4) is 11.8 Å². The molecule has 0 amide bonds. The topological polar surface area (TPSA) is 93.2 Å². The third kappa shape index (κ3) is 4.34. The van der Waals surface area contributed by atoms with Crippen LogP contribution >= 0.6 is 0 Å². The third-order valence-corrected chi connectivity index (χ3v) is 4.79. The first kappa shape index (κ1) is 16.6. The molecule has 0 aliphatic carbocycles. The van der Waals surface area contributed by atoms with Gasteiger partial charge < -0.3 is 10.5 Å². The molecule has 0 unspecified atom stereocenters. The van der Waals surface area contributed by atoms with Crippen molar-refractivity contribution in [2.24, 2.45) is 0 Å². The van der Waals surface area contributed by atoms with E-state index in [9.17, 15) is 13.7 Å². The molecule has 0 heterocycles. The Morgan fingerprint density at radius 2 is 1.78 bits per heavy atom. The minimum atomic E-state index is -3.73. The maximum atomic E-state index is 12.4. The number of hydrogen-bond acceptors (Lipinski definition) is 5. The van der Waals surface area contributed by atoms with E-state index in [0.717, 1.165) is 0 Å². The molecule has 2 aromatic carbocycles. The van der Waals surface area contributed by atoms with Crippen LogP contribution in [-0.2, 0) is 15.6 Å². The van der Waals surface area contributed by atoms with Gasteiger partial charge in [0.05, 0.1) is 12.9 Å². The van der Waals surface area contributed by atoms with Crippen LogP contribution in [-0.4, -0.2) is 15.5 Å². The number of rotatable bonds is 5. The predicted molar refractivity (Wildman–Crippen MR) is 90.1 cm³/mol. The molecule has 0 aliphatic rings. The minimum absolute atomic E-state index is 0.245. The van der Waals surface area contributed by atoms with Gasteiger partial charge in [0.1, 0.15) is 16.7 Å². The molecule has 0 aromatic heterocycles. The first-order chi connectivity index (χ1) is 10.9. The highest BCUT2D eigenvalue weighted by molar-refractivity contribution is 7.95. The molecule has 0 atom stereocenters. The van der Waals surface area contributed by atoms with Crippen LogP contribution in [0.2, 0.25) is 0 Å². The van der Waals surface area contributed by atoms with Crippen molar-refractivity contribution in [2.75, 3.05) is 12.8 Å². The van der Waals surface area contributed by atoms with Gasteiger partial charge >= 0.3 is 0 Å². The van der Waals surface area contributed by atoms with Crippen molar-refractivity contribution in [1.29, 1.82) is 5.26 Å². The zero-order chi connectivity index (χ0) is 16.9. The number of benzene rings is 2. The van der Waals surface area contributed by atoms with Gasteiger partial charge in [0.25, 0.3) is 0 Å². The van der Waals surface area contributed by atoms with E-state index in [0.29, 0.717) is 22.6 Å². The minimum Gasteiger partial charge on any atom is -0.497 e. The number of sulfone groups is 1. The number of ether oxygens (including phenoxy) is 1. The van der Waals surface area contributed by atoms with Gasteiger partial charge in [-0.05, 0) is 41.5 Å². The second-order valence-corrected chi connectivity index (χ2v) is 6.85. The Kier molecular flexibility index (Phi) is 5.04. The van der Waals surface area contributed by atoms with Crippen LogP contribution in [0.4, 0.5) is 5.69 Å². The lowest BCUT2D eigenvalue weighted by Gasteiger charge is -2.05. The van der Waals surface area contributed by atoms with E-state index in [4.69, 9.17) is 10.5 Å². The highest BCUT2D eigenvalue weighted by atomic mass is 32.2. The molecule has 0 spiro atoms. The molecule has 2 N–H and O–H groups in total. The summed E-state index contributed by atoms with van der Waals surface area (Å²) in [4.78, 5) is -0.280. The summed E-state index contributed by atoms with van der Waals surface area (Å²) in [5.74, 6) is 0.398. The molecule has 0 bridgehead atoms. The van der Waals surface area contributed by atoms with Gasteiger partial charge in [-0.25, -0.2) is 8.42 Å². The molecule has 0 saturated heterocycles. The summed E-state index contributed by atoms with van der Waals surface area (Å²) < 4.78 is 29.9. The average Bonchev–Trinajstić information content (AvgIpc) is 2.54. The quantitative estimate of drug-likeness (QED) is 0.673. The van der Waals surface area contributed by atoms with Crippen molar-refractivity contribution < 1.29 is 13.2 Å². The molecule has 2 rings (SSSR count). The maximum absolute atomic E-state index is 12.4. The van der Waals surface area contributed by atoms with E-state index in [1.54, 1.807) is 54.6 Å². The molecule has 23 heavy (non-hydrogen) atoms. The van der Waals surface area contributed by atoms with Crippen LogP contribution in [0, 0.1) is 11.3 Å². The van der Waals surface area contributed by atoms with Crippen LogP contribution in [0.25, 0.3) is 6.08 Å². The predicted octanol–water partition coefficient (Wildman–Crippen LogP) is 2.76. The summed E-state index contributed by atoms with van der Waals surface area (Å²) in [6.45, 7) is 0. The molecule has 0 radical (unpaired) electrons. The third-order valence-electron chi connectivity index (χ3n) is 3.20. The van der Waals surface area contributed by atoms with Crippen molar-refractivity contribution in [3.63, 3.8) is 0 Å². The first-order valence-electron chi connectivity index (χ1n) is 6.77. The Hall–Kier alpha value is -2.78. The maximum Gasteiger partial charge on any atom is 0.192 e. The summed E-state index contributed by atoms with van der Waals surface area (Å²) in [5.41, 5.74) is 7.35. The Bertz CT molecular complexity index is 846. The summed E-state index contributed by atoms with van der Waals surface area (Å²) in [7, 11) is -2.19. The van der Waals surface area contributed by atoms with Crippen LogP contribution in [0.1, 0.15) is 11.1 Å². The van der Waals surface area contributed by atoms with Gasteiger partial charge in [0.2, 0.25) is 0 Å². The smallest absolute Gasteiger partial charge is 0.192 e. The van der Waals surface area contributed by atoms with Gasteiger partial charge in [-0.1, -0.05) is 24.3 Å². The second kappa shape index (κ2) is 6.99. The van der Waals surface area contributed by atoms with E-state index < -0.39 is 9.84 Å². The summed E-state index contributed by atoms with van der Waals surface area (Å²) in [6, 6.07) is 15.1. The van der Waals surface area contributed by atoms with Gasteiger partial charge in [-0.3, -0.25) is 0 Å². The van der Waals surface area contributed by atoms with Crippen molar-refractivity contribution in [3.05, 3.63) is 64.6 Å². The molecule has 0 saturated carbocycles. The molecule has 2 aromatic rings. The lowest BCUT2D eigenvalue weighted by molar-refractivity contribution is 0.414. The SMILES string of the molecule is COc1ccc(CS(=O)(=O)C(C#N)=Cc2ccc(N)cc2)cc1. The number of anilines is 1. The van der Waals surface area contributed by atoms with E-state index in [1.807, 2.05) is 0 Å². The Morgan fingerprint density at radius 1 is 1.17 bits per heavy atom. The van der Waals surface area contributed by atoms with Crippen LogP contribution < -0.4 is 10.5 Å². The number of nitrogen functional groups attached to an aromatic ring is 1. The molecule has 5 nitrogen and oxygen atoms in total. The Morgan fingerprint density at radius 3 is 2.30 bits per heavy atom. The number of nitrogens with two attached hydrogens (primary N) is 1. The normalized spacial score (nSPS) is 11.7. The van der Waals surface area contributed by atoms with Crippen molar-refractivity contribution in [1.82, 2.24) is 0 Å². The van der Waals surface area contributed by atoms with Crippen LogP contribution in [0.5, 0.6) is 5.75 Å². The average molecular weight is 328 g/mol. The van der Waals surface area contributed by atoms with E-state index in [-0.39, 0.29) is 10.7 Å². The standard InChI is InChI=1S/C17H16N2O3S/c1-22-16-8-4-14(5-9-16)12-23(20,21)17(11-18)10-13-2-6-15(19)7-3-13/h2-10H,12,19H2,1H3. The summed E-state index contributed by atoms with van der Waals surface area (Å²) in [6.07, 6.45) is 1.35. The van der Waals surface area contributed by atoms with Crippen LogP contribution in [0.3, 0.4) is 0 Å². The molecule has 6 heteroatoms. The fraction of sp³-hybridized carbons (Fsp3) is 0.118. The summed E-state index contributed by atoms with van der Waals surface area (Å²) >= 11 is 0. The Balaban J connectivity index is 2.28. The van der Waals surface area contributed by atoms with E-state index in [1.165, 1.54) is 13.2 Å².